The van der Waals surface area contributed by atoms with Crippen molar-refractivity contribution >= 4 is 46.6 Å². The van der Waals surface area contributed by atoms with Crippen LogP contribution in [0.25, 0.3) is 0 Å². The van der Waals surface area contributed by atoms with Gasteiger partial charge in [0.2, 0.25) is 11.8 Å². The van der Waals surface area contributed by atoms with Crippen molar-refractivity contribution in [3.05, 3.63) is 53.1 Å². The minimum absolute atomic E-state index is 0.167. The van der Waals surface area contributed by atoms with E-state index < -0.39 is 5.25 Å². The molecule has 3 rings (SSSR count). The monoisotopic (exact) mass is 346 g/mol. The third-order valence-electron chi connectivity index (χ3n) is 3.69. The highest BCUT2D eigenvalue weighted by Gasteiger charge is 2.40. The van der Waals surface area contributed by atoms with Gasteiger partial charge in [-0.2, -0.15) is 0 Å². The van der Waals surface area contributed by atoms with Gasteiger partial charge >= 0.3 is 0 Å². The molecule has 2 N–H and O–H groups in total. The molecule has 1 atom stereocenters. The lowest BCUT2D eigenvalue weighted by Gasteiger charge is -2.17. The number of anilines is 2. The summed E-state index contributed by atoms with van der Waals surface area (Å²) >= 11 is 7.28. The lowest BCUT2D eigenvalue weighted by Crippen LogP contribution is -2.31. The van der Waals surface area contributed by atoms with Crippen LogP contribution in [0, 0.1) is 6.92 Å². The summed E-state index contributed by atoms with van der Waals surface area (Å²) < 4.78 is 0. The lowest BCUT2D eigenvalue weighted by molar-refractivity contribution is -0.121. The van der Waals surface area contributed by atoms with Crippen LogP contribution in [-0.4, -0.2) is 17.1 Å². The van der Waals surface area contributed by atoms with Gasteiger partial charge in [-0.05, 0) is 42.8 Å². The molecule has 1 saturated heterocycles. The van der Waals surface area contributed by atoms with Crippen molar-refractivity contribution in [2.75, 3.05) is 10.6 Å². The van der Waals surface area contributed by atoms with Crippen molar-refractivity contribution in [3.63, 3.8) is 0 Å². The zero-order chi connectivity index (χ0) is 16.6. The summed E-state index contributed by atoms with van der Waals surface area (Å²) in [7, 11) is 0. The fraction of sp³-hybridized carbons (Fsp3) is 0.176. The number of benzene rings is 2. The Bertz CT molecular complexity index is 794. The Labute approximate surface area is 143 Å². The van der Waals surface area contributed by atoms with Gasteiger partial charge in [0.05, 0.1) is 10.9 Å². The van der Waals surface area contributed by atoms with Crippen LogP contribution in [0.1, 0.15) is 12.0 Å². The highest BCUT2D eigenvalue weighted by Crippen LogP contribution is 2.37. The van der Waals surface area contributed by atoms with Gasteiger partial charge in [-0.25, -0.2) is 4.90 Å². The molecule has 1 aliphatic rings. The summed E-state index contributed by atoms with van der Waals surface area (Å²) in [6.45, 7) is 1.83. The SMILES string of the molecule is Cc1cc(Cl)ccc1N1C(=O)CC(Sc2ccccc2N)C1=O. The first-order valence-corrected chi connectivity index (χ1v) is 8.37. The van der Waals surface area contributed by atoms with Crippen molar-refractivity contribution in [2.45, 2.75) is 23.5 Å². The summed E-state index contributed by atoms with van der Waals surface area (Å²) in [6.07, 6.45) is 0.167. The summed E-state index contributed by atoms with van der Waals surface area (Å²) in [5.74, 6) is -0.416. The molecule has 1 aliphatic heterocycles. The predicted octanol–water partition coefficient (Wildman–Crippen LogP) is 3.65. The fourth-order valence-corrected chi connectivity index (χ4v) is 3.89. The van der Waals surface area contributed by atoms with Gasteiger partial charge in [-0.1, -0.05) is 23.7 Å². The maximum atomic E-state index is 12.7. The molecule has 0 aliphatic carbocycles. The Morgan fingerprint density at radius 2 is 1.96 bits per heavy atom. The van der Waals surface area contributed by atoms with Crippen LogP contribution in [0.4, 0.5) is 11.4 Å². The molecule has 0 saturated carbocycles. The van der Waals surface area contributed by atoms with E-state index in [2.05, 4.69) is 0 Å². The molecule has 1 unspecified atom stereocenters. The normalized spacial score (nSPS) is 17.8. The van der Waals surface area contributed by atoms with Gasteiger partial charge in [0, 0.05) is 22.0 Å². The van der Waals surface area contributed by atoms with Crippen LogP contribution in [0.5, 0.6) is 0 Å². The van der Waals surface area contributed by atoms with Crippen molar-refractivity contribution in [3.8, 4) is 0 Å². The van der Waals surface area contributed by atoms with E-state index in [0.717, 1.165) is 10.5 Å². The first-order chi connectivity index (χ1) is 11.0. The number of para-hydroxylation sites is 1. The third-order valence-corrected chi connectivity index (χ3v) is 5.21. The molecule has 2 aromatic carbocycles. The van der Waals surface area contributed by atoms with Gasteiger partial charge in [0.25, 0.3) is 0 Å². The number of hydrogen-bond acceptors (Lipinski definition) is 4. The van der Waals surface area contributed by atoms with Crippen molar-refractivity contribution < 1.29 is 9.59 Å². The van der Waals surface area contributed by atoms with Crippen LogP contribution >= 0.6 is 23.4 Å². The zero-order valence-electron chi connectivity index (χ0n) is 12.5. The average molecular weight is 347 g/mol. The zero-order valence-corrected chi connectivity index (χ0v) is 14.0. The number of amides is 2. The smallest absolute Gasteiger partial charge is 0.247 e. The maximum Gasteiger partial charge on any atom is 0.247 e. The van der Waals surface area contributed by atoms with E-state index in [-0.39, 0.29) is 18.2 Å². The standard InChI is InChI=1S/C17H15ClN2O2S/c1-10-8-11(18)6-7-13(10)20-16(21)9-15(17(20)22)23-14-5-3-2-4-12(14)19/h2-8,15H,9,19H2,1H3. The van der Waals surface area contributed by atoms with Gasteiger partial charge in [-0.3, -0.25) is 9.59 Å². The second kappa shape index (κ2) is 6.26. The van der Waals surface area contributed by atoms with Crippen LogP contribution in [0.3, 0.4) is 0 Å². The first-order valence-electron chi connectivity index (χ1n) is 7.11. The molecular formula is C17H15ClN2O2S. The second-order valence-electron chi connectivity index (χ2n) is 5.35. The number of carbonyl (C=O) groups excluding carboxylic acids is 2. The minimum atomic E-state index is -0.456. The van der Waals surface area contributed by atoms with Crippen LogP contribution < -0.4 is 10.6 Å². The van der Waals surface area contributed by atoms with Gasteiger partial charge in [0.15, 0.2) is 0 Å². The summed E-state index contributed by atoms with van der Waals surface area (Å²) in [4.78, 5) is 27.1. The minimum Gasteiger partial charge on any atom is -0.398 e. The van der Waals surface area contributed by atoms with E-state index in [4.69, 9.17) is 17.3 Å². The fourth-order valence-electron chi connectivity index (χ4n) is 2.56. The first kappa shape index (κ1) is 15.9. The van der Waals surface area contributed by atoms with Crippen LogP contribution in [-0.2, 0) is 9.59 Å². The number of hydrogen-bond donors (Lipinski definition) is 1. The molecule has 0 spiro atoms. The van der Waals surface area contributed by atoms with E-state index in [1.54, 1.807) is 24.3 Å². The second-order valence-corrected chi connectivity index (χ2v) is 7.03. The van der Waals surface area contributed by atoms with Gasteiger partial charge in [0.1, 0.15) is 0 Å². The highest BCUT2D eigenvalue weighted by molar-refractivity contribution is 8.00. The number of rotatable bonds is 3. The van der Waals surface area contributed by atoms with E-state index in [9.17, 15) is 9.59 Å². The molecule has 6 heteroatoms. The maximum absolute atomic E-state index is 12.7. The van der Waals surface area contributed by atoms with Crippen molar-refractivity contribution in [1.82, 2.24) is 0 Å². The Morgan fingerprint density at radius 3 is 2.65 bits per heavy atom. The van der Waals surface area contributed by atoms with E-state index in [1.165, 1.54) is 16.7 Å². The Balaban J connectivity index is 1.87. The molecule has 0 bridgehead atoms. The molecule has 1 heterocycles. The van der Waals surface area contributed by atoms with E-state index in [1.807, 2.05) is 25.1 Å². The number of aryl methyl sites for hydroxylation is 1. The molecular weight excluding hydrogens is 332 g/mol. The number of thioether (sulfide) groups is 1. The molecule has 2 amide bonds. The number of nitrogen functional groups attached to an aromatic ring is 1. The van der Waals surface area contributed by atoms with Crippen LogP contribution in [0.2, 0.25) is 5.02 Å². The third kappa shape index (κ3) is 3.07. The number of halogens is 1. The van der Waals surface area contributed by atoms with E-state index in [0.29, 0.717) is 16.4 Å². The number of carbonyl (C=O) groups is 2. The summed E-state index contributed by atoms with van der Waals surface area (Å²) in [6, 6.07) is 12.5. The summed E-state index contributed by atoms with van der Waals surface area (Å²) in [5, 5.41) is 0.121. The molecule has 4 nitrogen and oxygen atoms in total. The molecule has 23 heavy (non-hydrogen) atoms. The Hall–Kier alpha value is -1.98. The predicted molar refractivity (Wildman–Crippen MR) is 93.8 cm³/mol. The van der Waals surface area contributed by atoms with Gasteiger partial charge in [-0.15, -0.1) is 11.8 Å². The van der Waals surface area contributed by atoms with Gasteiger partial charge < -0.3 is 5.73 Å². The largest absolute Gasteiger partial charge is 0.398 e. The Morgan fingerprint density at radius 1 is 1.22 bits per heavy atom. The van der Waals surface area contributed by atoms with Crippen molar-refractivity contribution in [2.24, 2.45) is 0 Å². The molecule has 1 fully saturated rings. The molecule has 118 valence electrons. The number of nitrogens with zero attached hydrogens (tertiary/aromatic N) is 1. The quantitative estimate of drug-likeness (QED) is 0.680. The van der Waals surface area contributed by atoms with Crippen LogP contribution in [0.15, 0.2) is 47.4 Å². The molecule has 2 aromatic rings. The van der Waals surface area contributed by atoms with E-state index >= 15 is 0 Å². The lowest BCUT2D eigenvalue weighted by atomic mass is 10.2. The number of imide groups is 1. The molecule has 0 aromatic heterocycles. The topological polar surface area (TPSA) is 63.4 Å². The average Bonchev–Trinajstić information content (AvgIpc) is 2.77. The Kier molecular flexibility index (Phi) is 4.33. The summed E-state index contributed by atoms with van der Waals surface area (Å²) in [5.41, 5.74) is 7.92. The number of nitrogens with two attached hydrogens (primary N) is 1. The molecule has 0 radical (unpaired) electrons. The van der Waals surface area contributed by atoms with Crippen molar-refractivity contribution in [1.29, 1.82) is 0 Å². The highest BCUT2D eigenvalue weighted by atomic mass is 35.5.